The van der Waals surface area contributed by atoms with E-state index in [2.05, 4.69) is 18.1 Å². The maximum Gasteiger partial charge on any atom is 0.251 e. The first kappa shape index (κ1) is 12.3. The molecule has 4 nitrogen and oxygen atoms in total. The second-order valence-electron chi connectivity index (χ2n) is 3.64. The molecule has 86 valence electrons. The molecule has 0 aromatic carbocycles. The lowest BCUT2D eigenvalue weighted by Gasteiger charge is -2.25. The summed E-state index contributed by atoms with van der Waals surface area (Å²) in [7, 11) is 0. The fourth-order valence-corrected chi connectivity index (χ4v) is 1.59. The van der Waals surface area contributed by atoms with Crippen LogP contribution in [0, 0.1) is 0 Å². The maximum absolute atomic E-state index is 11.2. The molecule has 0 unspecified atom stereocenters. The minimum Gasteiger partial charge on any atom is -0.495 e. The van der Waals surface area contributed by atoms with Gasteiger partial charge in [-0.2, -0.15) is 0 Å². The fraction of sp³-hybridized carbons (Fsp3) is 0.250. The summed E-state index contributed by atoms with van der Waals surface area (Å²) in [6.07, 6.45) is 3.67. The second kappa shape index (κ2) is 4.81. The van der Waals surface area contributed by atoms with Crippen LogP contribution in [0.4, 0.5) is 0 Å². The fourth-order valence-electron chi connectivity index (χ4n) is 1.59. The van der Waals surface area contributed by atoms with Crippen molar-refractivity contribution in [1.29, 1.82) is 0 Å². The summed E-state index contributed by atoms with van der Waals surface area (Å²) >= 11 is 0. The van der Waals surface area contributed by atoms with Gasteiger partial charge in [-0.3, -0.25) is 9.78 Å². The molecule has 1 aromatic rings. The van der Waals surface area contributed by atoms with Gasteiger partial charge in [0.2, 0.25) is 0 Å². The van der Waals surface area contributed by atoms with Gasteiger partial charge in [-0.05, 0) is 18.4 Å². The molecule has 1 heterocycles. The summed E-state index contributed by atoms with van der Waals surface area (Å²) in [5, 5.41) is 19.6. The van der Waals surface area contributed by atoms with Crippen LogP contribution >= 0.6 is 0 Å². The summed E-state index contributed by atoms with van der Waals surface area (Å²) in [4.78, 5) is 13.4. The zero-order valence-electron chi connectivity index (χ0n) is 8.94. The number of aliphatic hydroxyl groups is 1. The third kappa shape index (κ3) is 2.61. The Bertz CT molecular complexity index is 438. The van der Waals surface area contributed by atoms with Gasteiger partial charge in [0.05, 0.1) is 5.60 Å². The predicted molar refractivity (Wildman–Crippen MR) is 62.3 cm³/mol. The first-order valence-electron chi connectivity index (χ1n) is 4.90. The highest BCUT2D eigenvalue weighted by molar-refractivity contribution is 5.27. The molecule has 0 saturated carbocycles. The van der Waals surface area contributed by atoms with Gasteiger partial charge >= 0.3 is 0 Å². The van der Waals surface area contributed by atoms with Crippen LogP contribution in [0.15, 0.2) is 42.2 Å². The largest absolute Gasteiger partial charge is 0.495 e. The van der Waals surface area contributed by atoms with Crippen LogP contribution < -0.4 is 5.56 Å². The summed E-state index contributed by atoms with van der Waals surface area (Å²) in [5.74, 6) is -0.269. The summed E-state index contributed by atoms with van der Waals surface area (Å²) in [6.45, 7) is 7.11. The number of rotatable bonds is 5. The highest BCUT2D eigenvalue weighted by atomic mass is 16.3. The van der Waals surface area contributed by atoms with Gasteiger partial charge in [0.25, 0.3) is 5.56 Å². The third-order valence-electron chi connectivity index (χ3n) is 2.33. The highest BCUT2D eigenvalue weighted by Gasteiger charge is 2.27. The first-order chi connectivity index (χ1) is 7.51. The second-order valence-corrected chi connectivity index (χ2v) is 3.64. The van der Waals surface area contributed by atoms with E-state index < -0.39 is 11.2 Å². The molecular weight excluding hydrogens is 206 g/mol. The van der Waals surface area contributed by atoms with Crippen LogP contribution in [0.1, 0.15) is 18.4 Å². The van der Waals surface area contributed by atoms with E-state index in [0.717, 1.165) is 0 Å². The van der Waals surface area contributed by atoms with E-state index in [9.17, 15) is 15.0 Å². The Labute approximate surface area is 93.6 Å². The molecular formula is C12H15NO3. The Morgan fingerprint density at radius 3 is 2.31 bits per heavy atom. The molecule has 0 aliphatic rings. The van der Waals surface area contributed by atoms with Crippen molar-refractivity contribution in [3.05, 3.63) is 53.4 Å². The highest BCUT2D eigenvalue weighted by Crippen LogP contribution is 2.29. The number of aromatic hydroxyl groups is 1. The van der Waals surface area contributed by atoms with Crippen molar-refractivity contribution in [1.82, 2.24) is 4.98 Å². The number of H-pyrrole nitrogens is 1. The van der Waals surface area contributed by atoms with E-state index in [4.69, 9.17) is 0 Å². The van der Waals surface area contributed by atoms with Crippen LogP contribution in [0.3, 0.4) is 0 Å². The molecule has 1 rings (SSSR count). The Balaban J connectivity index is 3.24. The zero-order chi connectivity index (χ0) is 12.2. The van der Waals surface area contributed by atoms with Crippen LogP contribution in [0.25, 0.3) is 0 Å². The summed E-state index contributed by atoms with van der Waals surface area (Å²) < 4.78 is 0. The molecule has 0 aliphatic carbocycles. The van der Waals surface area contributed by atoms with E-state index in [1.165, 1.54) is 12.1 Å². The molecule has 4 heteroatoms. The van der Waals surface area contributed by atoms with Gasteiger partial charge in [0.1, 0.15) is 0 Å². The SMILES string of the molecule is C=CCC(O)(CC=C)c1cc(O)[nH]c(=O)c1. The Kier molecular flexibility index (Phi) is 3.68. The van der Waals surface area contributed by atoms with Crippen molar-refractivity contribution in [2.24, 2.45) is 0 Å². The molecule has 0 bridgehead atoms. The minimum absolute atomic E-state index is 0.269. The molecule has 3 N–H and O–H groups in total. The van der Waals surface area contributed by atoms with Crippen molar-refractivity contribution < 1.29 is 10.2 Å². The van der Waals surface area contributed by atoms with Crippen LogP contribution in [0.2, 0.25) is 0 Å². The predicted octanol–water partition coefficient (Wildman–Crippen LogP) is 1.42. The maximum atomic E-state index is 11.2. The average molecular weight is 221 g/mol. The normalized spacial score (nSPS) is 11.1. The summed E-state index contributed by atoms with van der Waals surface area (Å²) in [6, 6.07) is 2.58. The molecule has 0 saturated heterocycles. The molecule has 0 amide bonds. The van der Waals surface area contributed by atoms with E-state index >= 15 is 0 Å². The molecule has 0 fully saturated rings. The number of hydrogen-bond acceptors (Lipinski definition) is 3. The smallest absolute Gasteiger partial charge is 0.251 e. The van der Waals surface area contributed by atoms with Gasteiger partial charge in [0.15, 0.2) is 5.88 Å². The average Bonchev–Trinajstić information content (AvgIpc) is 2.16. The molecule has 1 aromatic heterocycles. The van der Waals surface area contributed by atoms with Crippen LogP contribution in [0.5, 0.6) is 5.88 Å². The first-order valence-corrected chi connectivity index (χ1v) is 4.90. The van der Waals surface area contributed by atoms with Gasteiger partial charge in [-0.25, -0.2) is 0 Å². The van der Waals surface area contributed by atoms with Crippen molar-refractivity contribution >= 4 is 0 Å². The number of pyridine rings is 1. The van der Waals surface area contributed by atoms with Gasteiger partial charge in [-0.15, -0.1) is 13.2 Å². The van der Waals surface area contributed by atoms with Crippen molar-refractivity contribution in [3.8, 4) is 5.88 Å². The quantitative estimate of drug-likeness (QED) is 0.658. The van der Waals surface area contributed by atoms with E-state index in [1.807, 2.05) is 0 Å². The molecule has 0 spiro atoms. The van der Waals surface area contributed by atoms with Crippen LogP contribution in [-0.4, -0.2) is 15.2 Å². The van der Waals surface area contributed by atoms with Crippen molar-refractivity contribution in [2.75, 3.05) is 0 Å². The summed E-state index contributed by atoms with van der Waals surface area (Å²) in [5.41, 5.74) is -1.34. The topological polar surface area (TPSA) is 73.3 Å². The number of aromatic nitrogens is 1. The van der Waals surface area contributed by atoms with Crippen molar-refractivity contribution in [3.63, 3.8) is 0 Å². The minimum atomic E-state index is -1.24. The van der Waals surface area contributed by atoms with Gasteiger partial charge < -0.3 is 10.2 Å². The monoisotopic (exact) mass is 221 g/mol. The number of aromatic amines is 1. The number of hydrogen-bond donors (Lipinski definition) is 3. The molecule has 16 heavy (non-hydrogen) atoms. The van der Waals surface area contributed by atoms with E-state index in [-0.39, 0.29) is 18.7 Å². The Hall–Kier alpha value is -1.81. The van der Waals surface area contributed by atoms with E-state index in [0.29, 0.717) is 5.56 Å². The van der Waals surface area contributed by atoms with Gasteiger partial charge in [-0.1, -0.05) is 12.2 Å². The zero-order valence-corrected chi connectivity index (χ0v) is 8.94. The lowest BCUT2D eigenvalue weighted by atomic mass is 9.88. The lowest BCUT2D eigenvalue weighted by Crippen LogP contribution is -2.26. The van der Waals surface area contributed by atoms with Crippen LogP contribution in [-0.2, 0) is 5.60 Å². The molecule has 0 atom stereocenters. The number of nitrogens with one attached hydrogen (secondary N) is 1. The lowest BCUT2D eigenvalue weighted by molar-refractivity contribution is 0.0425. The Morgan fingerprint density at radius 1 is 1.31 bits per heavy atom. The molecule has 0 aliphatic heterocycles. The Morgan fingerprint density at radius 2 is 1.88 bits per heavy atom. The third-order valence-corrected chi connectivity index (χ3v) is 2.33. The van der Waals surface area contributed by atoms with Gasteiger partial charge in [0, 0.05) is 12.1 Å². The van der Waals surface area contributed by atoms with Crippen molar-refractivity contribution in [2.45, 2.75) is 18.4 Å². The van der Waals surface area contributed by atoms with E-state index in [1.54, 1.807) is 12.2 Å². The molecule has 0 radical (unpaired) electrons. The standard InChI is InChI=1S/C12H15NO3/c1-3-5-12(16,6-4-2)9-7-10(14)13-11(15)8-9/h3-4,7-8,16H,1-2,5-6H2,(H2,13,14,15).